The molecule has 3 rings (SSSR count). The van der Waals surface area contributed by atoms with Gasteiger partial charge in [-0.05, 0) is 66.6 Å². The van der Waals surface area contributed by atoms with Crippen LogP contribution in [-0.2, 0) is 27.7 Å². The van der Waals surface area contributed by atoms with E-state index >= 15 is 0 Å². The number of sulfonamides is 1. The zero-order chi connectivity index (χ0) is 23.0. The Kier molecular flexibility index (Phi) is 8.14. The fourth-order valence-electron chi connectivity index (χ4n) is 3.48. The molecule has 3 aromatic rings. The highest BCUT2D eigenvalue weighted by atomic mass is 32.2. The van der Waals surface area contributed by atoms with Crippen LogP contribution in [0.25, 0.3) is 0 Å². The zero-order valence-electron chi connectivity index (χ0n) is 17.6. The third-order valence-electron chi connectivity index (χ3n) is 5.22. The molecular formula is C25H26FNO4S. The fourth-order valence-corrected chi connectivity index (χ4v) is 4.74. The number of carboxylic acid groups (broad SMARTS) is 1. The lowest BCUT2D eigenvalue weighted by molar-refractivity contribution is -0.137. The molecule has 1 atom stereocenters. The van der Waals surface area contributed by atoms with Gasteiger partial charge in [-0.15, -0.1) is 0 Å². The van der Waals surface area contributed by atoms with Crippen LogP contribution in [0.3, 0.4) is 0 Å². The van der Waals surface area contributed by atoms with Crippen molar-refractivity contribution in [1.82, 2.24) is 4.72 Å². The lowest BCUT2D eigenvalue weighted by Gasteiger charge is -2.20. The Morgan fingerprint density at radius 3 is 2.12 bits per heavy atom. The first-order chi connectivity index (χ1) is 15.3. The first kappa shape index (κ1) is 23.6. The third kappa shape index (κ3) is 7.00. The van der Waals surface area contributed by atoms with E-state index in [0.29, 0.717) is 25.7 Å². The highest BCUT2D eigenvalue weighted by molar-refractivity contribution is 7.89. The van der Waals surface area contributed by atoms with E-state index in [1.165, 1.54) is 12.1 Å². The number of nitrogens with one attached hydrogen (secondary N) is 1. The number of hydrogen-bond donors (Lipinski definition) is 2. The van der Waals surface area contributed by atoms with Crippen molar-refractivity contribution in [2.75, 3.05) is 0 Å². The summed E-state index contributed by atoms with van der Waals surface area (Å²) in [5.74, 6) is -1.32. The Labute approximate surface area is 188 Å². The molecule has 0 spiro atoms. The minimum Gasteiger partial charge on any atom is -0.481 e. The maximum Gasteiger partial charge on any atom is 0.303 e. The molecule has 0 heterocycles. The Bertz CT molecular complexity index is 1110. The monoisotopic (exact) mass is 455 g/mol. The van der Waals surface area contributed by atoms with Crippen LogP contribution in [0.15, 0.2) is 83.8 Å². The van der Waals surface area contributed by atoms with E-state index < -0.39 is 27.9 Å². The van der Waals surface area contributed by atoms with Gasteiger partial charge in [0.15, 0.2) is 0 Å². The average molecular weight is 456 g/mol. The smallest absolute Gasteiger partial charge is 0.303 e. The molecule has 32 heavy (non-hydrogen) atoms. The van der Waals surface area contributed by atoms with Crippen LogP contribution in [0, 0.1) is 5.82 Å². The zero-order valence-corrected chi connectivity index (χ0v) is 18.4. The summed E-state index contributed by atoms with van der Waals surface area (Å²) in [6.07, 6.45) is 2.52. The molecule has 5 nitrogen and oxygen atoms in total. The molecule has 0 radical (unpaired) electrons. The van der Waals surface area contributed by atoms with Crippen molar-refractivity contribution in [3.05, 3.63) is 101 Å². The van der Waals surface area contributed by atoms with Crippen LogP contribution in [0.4, 0.5) is 4.39 Å². The Morgan fingerprint density at radius 1 is 0.875 bits per heavy atom. The lowest BCUT2D eigenvalue weighted by Crippen LogP contribution is -2.29. The van der Waals surface area contributed by atoms with Gasteiger partial charge in [-0.1, -0.05) is 54.6 Å². The van der Waals surface area contributed by atoms with Gasteiger partial charge in [0.2, 0.25) is 10.0 Å². The SMILES string of the molecule is O=C(O)CCCc1ccc(C(CCc2ccccc2)NS(=O)(=O)c2ccc(F)cc2)cc1. The van der Waals surface area contributed by atoms with Crippen LogP contribution < -0.4 is 4.72 Å². The number of benzene rings is 3. The van der Waals surface area contributed by atoms with Crippen molar-refractivity contribution in [3.8, 4) is 0 Å². The molecule has 0 saturated heterocycles. The van der Waals surface area contributed by atoms with Gasteiger partial charge in [0.1, 0.15) is 5.82 Å². The van der Waals surface area contributed by atoms with Gasteiger partial charge in [-0.3, -0.25) is 4.79 Å². The summed E-state index contributed by atoms with van der Waals surface area (Å²) in [7, 11) is -3.84. The van der Waals surface area contributed by atoms with E-state index in [4.69, 9.17) is 5.11 Å². The summed E-state index contributed by atoms with van der Waals surface area (Å²) in [6.45, 7) is 0. The van der Waals surface area contributed by atoms with Crippen molar-refractivity contribution >= 4 is 16.0 Å². The quantitative estimate of drug-likeness (QED) is 0.431. The number of carboxylic acids is 1. The molecule has 0 aliphatic heterocycles. The third-order valence-corrected chi connectivity index (χ3v) is 6.71. The highest BCUT2D eigenvalue weighted by Crippen LogP contribution is 2.23. The van der Waals surface area contributed by atoms with E-state index in [1.807, 2.05) is 54.6 Å². The summed E-state index contributed by atoms with van der Waals surface area (Å²) in [6, 6.07) is 21.6. The molecule has 0 fully saturated rings. The van der Waals surface area contributed by atoms with Crippen molar-refractivity contribution < 1.29 is 22.7 Å². The van der Waals surface area contributed by atoms with E-state index in [9.17, 15) is 17.6 Å². The molecule has 1 unspecified atom stereocenters. The van der Waals surface area contributed by atoms with Crippen molar-refractivity contribution in [1.29, 1.82) is 0 Å². The summed E-state index contributed by atoms with van der Waals surface area (Å²) in [5.41, 5.74) is 2.91. The van der Waals surface area contributed by atoms with Crippen LogP contribution in [0.2, 0.25) is 0 Å². The predicted octanol–water partition coefficient (Wildman–Crippen LogP) is 4.89. The van der Waals surface area contributed by atoms with E-state index in [1.54, 1.807) is 0 Å². The van der Waals surface area contributed by atoms with Crippen molar-refractivity contribution in [2.45, 2.75) is 43.0 Å². The summed E-state index contributed by atoms with van der Waals surface area (Å²) in [5, 5.41) is 8.79. The molecule has 0 aromatic heterocycles. The molecule has 3 aromatic carbocycles. The molecule has 0 saturated carbocycles. The molecule has 2 N–H and O–H groups in total. The Morgan fingerprint density at radius 2 is 1.50 bits per heavy atom. The lowest BCUT2D eigenvalue weighted by atomic mass is 9.98. The van der Waals surface area contributed by atoms with Gasteiger partial charge in [-0.25, -0.2) is 17.5 Å². The van der Waals surface area contributed by atoms with E-state index in [-0.39, 0.29) is 11.3 Å². The maximum atomic E-state index is 13.2. The molecular weight excluding hydrogens is 429 g/mol. The summed E-state index contributed by atoms with van der Waals surface area (Å²) in [4.78, 5) is 10.7. The number of aryl methyl sites for hydroxylation is 2. The predicted molar refractivity (Wildman–Crippen MR) is 121 cm³/mol. The second-order valence-electron chi connectivity index (χ2n) is 7.64. The minimum atomic E-state index is -3.84. The molecule has 0 aliphatic rings. The van der Waals surface area contributed by atoms with Gasteiger partial charge in [0.05, 0.1) is 4.90 Å². The van der Waals surface area contributed by atoms with Crippen LogP contribution in [0.5, 0.6) is 0 Å². The first-order valence-corrected chi connectivity index (χ1v) is 11.9. The number of carbonyl (C=O) groups is 1. The largest absolute Gasteiger partial charge is 0.481 e. The normalized spacial score (nSPS) is 12.4. The van der Waals surface area contributed by atoms with Gasteiger partial charge < -0.3 is 5.11 Å². The van der Waals surface area contributed by atoms with Gasteiger partial charge in [0, 0.05) is 12.5 Å². The molecule has 0 bridgehead atoms. The molecule has 0 aliphatic carbocycles. The number of aliphatic carboxylic acids is 1. The minimum absolute atomic E-state index is 0.00824. The molecule has 168 valence electrons. The summed E-state index contributed by atoms with van der Waals surface area (Å²) < 4.78 is 41.8. The van der Waals surface area contributed by atoms with Gasteiger partial charge in [-0.2, -0.15) is 0 Å². The van der Waals surface area contributed by atoms with Crippen LogP contribution in [-0.4, -0.2) is 19.5 Å². The summed E-state index contributed by atoms with van der Waals surface area (Å²) >= 11 is 0. The van der Waals surface area contributed by atoms with Crippen LogP contribution >= 0.6 is 0 Å². The van der Waals surface area contributed by atoms with Gasteiger partial charge >= 0.3 is 5.97 Å². The Hall–Kier alpha value is -3.03. The molecule has 0 amide bonds. The first-order valence-electron chi connectivity index (χ1n) is 10.5. The van der Waals surface area contributed by atoms with E-state index in [2.05, 4.69) is 4.72 Å². The standard InChI is InChI=1S/C25H26FNO4S/c26-22-14-16-23(17-15-22)32(30,31)27-24(18-11-19-5-2-1-3-6-19)21-12-9-20(10-13-21)7-4-8-25(28)29/h1-3,5-6,9-10,12-17,24,27H,4,7-8,11,18H2,(H,28,29). The van der Waals surface area contributed by atoms with Crippen molar-refractivity contribution in [3.63, 3.8) is 0 Å². The number of rotatable bonds is 11. The fraction of sp³-hybridized carbons (Fsp3) is 0.240. The highest BCUT2D eigenvalue weighted by Gasteiger charge is 2.21. The average Bonchev–Trinajstić information content (AvgIpc) is 2.78. The van der Waals surface area contributed by atoms with Gasteiger partial charge in [0.25, 0.3) is 0 Å². The Balaban J connectivity index is 1.78. The second-order valence-corrected chi connectivity index (χ2v) is 9.35. The van der Waals surface area contributed by atoms with Crippen LogP contribution in [0.1, 0.15) is 42.0 Å². The van der Waals surface area contributed by atoms with Crippen molar-refractivity contribution in [2.24, 2.45) is 0 Å². The topological polar surface area (TPSA) is 83.5 Å². The second kappa shape index (κ2) is 11.0. The van der Waals surface area contributed by atoms with E-state index in [0.717, 1.165) is 28.8 Å². The maximum absolute atomic E-state index is 13.2. The molecule has 7 heteroatoms. The number of hydrogen-bond acceptors (Lipinski definition) is 3. The number of halogens is 1.